The van der Waals surface area contributed by atoms with Gasteiger partial charge in [0.1, 0.15) is 0 Å². The molecule has 2 nitrogen and oxygen atoms in total. The largest absolute Gasteiger partial charge is 0.372 e. The Morgan fingerprint density at radius 2 is 1.79 bits per heavy atom. The highest BCUT2D eigenvalue weighted by Crippen LogP contribution is 2.28. The number of hydrogen-bond donors (Lipinski definition) is 0. The van der Waals surface area contributed by atoms with Gasteiger partial charge in [0.05, 0.1) is 10.7 Å². The first-order chi connectivity index (χ1) is 9.24. The maximum atomic E-state index is 4.71. The van der Waals surface area contributed by atoms with Crippen molar-refractivity contribution in [3.05, 3.63) is 34.7 Å². The highest BCUT2D eigenvalue weighted by Gasteiger charge is 2.12. The molecule has 0 bridgehead atoms. The highest BCUT2D eigenvalue weighted by atomic mass is 32.1. The summed E-state index contributed by atoms with van der Waals surface area (Å²) in [5, 5.41) is 3.39. The average Bonchev–Trinajstić information content (AvgIpc) is 3.11. The lowest BCUT2D eigenvalue weighted by molar-refractivity contribution is 0.853. The van der Waals surface area contributed by atoms with Crippen molar-refractivity contribution in [1.82, 2.24) is 4.98 Å². The van der Waals surface area contributed by atoms with Gasteiger partial charge >= 0.3 is 0 Å². The molecule has 0 radical (unpaired) electrons. The first-order valence-electron chi connectivity index (χ1n) is 7.05. The maximum absolute atomic E-state index is 4.71. The molecule has 1 saturated heterocycles. The van der Waals surface area contributed by atoms with Crippen LogP contribution < -0.4 is 4.90 Å². The molecule has 0 unspecified atom stereocenters. The third-order valence-corrected chi connectivity index (χ3v) is 4.80. The third-order valence-electron chi connectivity index (χ3n) is 3.65. The first kappa shape index (κ1) is 12.7. The molecular weight excluding hydrogens is 252 g/mol. The Kier molecular flexibility index (Phi) is 3.56. The van der Waals surface area contributed by atoms with Crippen LogP contribution in [-0.4, -0.2) is 18.1 Å². The van der Waals surface area contributed by atoms with Crippen molar-refractivity contribution < 1.29 is 0 Å². The van der Waals surface area contributed by atoms with E-state index in [1.165, 1.54) is 42.2 Å². The van der Waals surface area contributed by atoms with Gasteiger partial charge in [-0.2, -0.15) is 0 Å². The molecule has 2 heterocycles. The van der Waals surface area contributed by atoms with Crippen molar-refractivity contribution in [3.63, 3.8) is 0 Å². The molecular formula is C16H20N2S. The summed E-state index contributed by atoms with van der Waals surface area (Å²) in [6, 6.07) is 8.86. The Bertz CT molecular complexity index is 536. The molecule has 2 aromatic rings. The fourth-order valence-electron chi connectivity index (χ4n) is 2.50. The molecule has 1 aliphatic rings. The first-order valence-corrected chi connectivity index (χ1v) is 7.93. The molecule has 0 amide bonds. The second-order valence-corrected chi connectivity index (χ2v) is 6.36. The Labute approximate surface area is 119 Å². The Balaban J connectivity index is 1.81. The number of thiazole rings is 1. The van der Waals surface area contributed by atoms with Crippen molar-refractivity contribution in [3.8, 4) is 11.3 Å². The zero-order valence-corrected chi connectivity index (χ0v) is 12.4. The molecule has 1 aromatic carbocycles. The molecule has 0 spiro atoms. The lowest BCUT2D eigenvalue weighted by Crippen LogP contribution is -2.17. The molecule has 1 aromatic heterocycles. The van der Waals surface area contributed by atoms with Crippen LogP contribution in [0.4, 0.5) is 5.69 Å². The topological polar surface area (TPSA) is 16.1 Å². The SMILES string of the molecule is CC(C)c1nc(-c2ccc(N3CCCC3)cc2)cs1. The van der Waals surface area contributed by atoms with Crippen LogP contribution in [0, 0.1) is 0 Å². The van der Waals surface area contributed by atoms with Crippen molar-refractivity contribution in [2.24, 2.45) is 0 Å². The van der Waals surface area contributed by atoms with Crippen molar-refractivity contribution >= 4 is 17.0 Å². The van der Waals surface area contributed by atoms with E-state index in [1.54, 1.807) is 11.3 Å². The molecule has 0 N–H and O–H groups in total. The van der Waals surface area contributed by atoms with Crippen molar-refractivity contribution in [1.29, 1.82) is 0 Å². The standard InChI is InChI=1S/C16H20N2S/c1-12(2)16-17-15(11-19-16)13-5-7-14(8-6-13)18-9-3-4-10-18/h5-8,11-12H,3-4,9-10H2,1-2H3. The molecule has 3 heteroatoms. The fourth-order valence-corrected chi connectivity index (χ4v) is 3.35. The van der Waals surface area contributed by atoms with E-state index in [1.807, 2.05) is 0 Å². The number of benzene rings is 1. The van der Waals surface area contributed by atoms with Gasteiger partial charge in [-0.25, -0.2) is 4.98 Å². The summed E-state index contributed by atoms with van der Waals surface area (Å²) in [6.07, 6.45) is 2.65. The summed E-state index contributed by atoms with van der Waals surface area (Å²) in [6.45, 7) is 6.79. The van der Waals surface area contributed by atoms with Crippen LogP contribution in [0.25, 0.3) is 11.3 Å². The lowest BCUT2D eigenvalue weighted by atomic mass is 10.1. The van der Waals surface area contributed by atoms with Gasteiger partial charge in [0, 0.05) is 35.6 Å². The number of hydrogen-bond acceptors (Lipinski definition) is 3. The van der Waals surface area contributed by atoms with E-state index < -0.39 is 0 Å². The predicted molar refractivity (Wildman–Crippen MR) is 83.1 cm³/mol. The second kappa shape index (κ2) is 5.33. The van der Waals surface area contributed by atoms with Crippen LogP contribution in [0.1, 0.15) is 37.6 Å². The van der Waals surface area contributed by atoms with E-state index in [-0.39, 0.29) is 0 Å². The highest BCUT2D eigenvalue weighted by molar-refractivity contribution is 7.10. The molecule has 1 aliphatic heterocycles. The van der Waals surface area contributed by atoms with Crippen LogP contribution >= 0.6 is 11.3 Å². The third kappa shape index (κ3) is 2.66. The smallest absolute Gasteiger partial charge is 0.0958 e. The zero-order valence-electron chi connectivity index (χ0n) is 11.6. The zero-order chi connectivity index (χ0) is 13.2. The Morgan fingerprint density at radius 1 is 1.11 bits per heavy atom. The van der Waals surface area contributed by atoms with Gasteiger partial charge < -0.3 is 4.90 Å². The average molecular weight is 272 g/mol. The lowest BCUT2D eigenvalue weighted by Gasteiger charge is -2.17. The fraction of sp³-hybridized carbons (Fsp3) is 0.438. The minimum atomic E-state index is 0.516. The summed E-state index contributed by atoms with van der Waals surface area (Å²) in [5.41, 5.74) is 3.69. The van der Waals surface area contributed by atoms with Crippen LogP contribution in [0.3, 0.4) is 0 Å². The van der Waals surface area contributed by atoms with Crippen LogP contribution in [0.5, 0.6) is 0 Å². The van der Waals surface area contributed by atoms with Gasteiger partial charge in [-0.3, -0.25) is 0 Å². The van der Waals surface area contributed by atoms with E-state index in [4.69, 9.17) is 4.98 Å². The predicted octanol–water partition coefficient (Wildman–Crippen LogP) is 4.53. The molecule has 0 aliphatic carbocycles. The van der Waals surface area contributed by atoms with Crippen LogP contribution in [0.15, 0.2) is 29.6 Å². The number of nitrogens with zero attached hydrogens (tertiary/aromatic N) is 2. The normalized spacial score (nSPS) is 15.4. The summed E-state index contributed by atoms with van der Waals surface area (Å²) >= 11 is 1.76. The van der Waals surface area contributed by atoms with E-state index in [0.29, 0.717) is 5.92 Å². The number of rotatable bonds is 3. The minimum absolute atomic E-state index is 0.516. The quantitative estimate of drug-likeness (QED) is 0.816. The van der Waals surface area contributed by atoms with Crippen LogP contribution in [0.2, 0.25) is 0 Å². The molecule has 19 heavy (non-hydrogen) atoms. The van der Waals surface area contributed by atoms with E-state index in [9.17, 15) is 0 Å². The summed E-state index contributed by atoms with van der Waals surface area (Å²) in [7, 11) is 0. The van der Waals surface area contributed by atoms with Gasteiger partial charge in [-0.05, 0) is 25.0 Å². The number of anilines is 1. The molecule has 0 atom stereocenters. The minimum Gasteiger partial charge on any atom is -0.372 e. The van der Waals surface area contributed by atoms with E-state index >= 15 is 0 Å². The van der Waals surface area contributed by atoms with Gasteiger partial charge in [-0.15, -0.1) is 11.3 Å². The molecule has 100 valence electrons. The molecule has 0 saturated carbocycles. The Morgan fingerprint density at radius 3 is 2.37 bits per heavy atom. The van der Waals surface area contributed by atoms with Gasteiger partial charge in [0.2, 0.25) is 0 Å². The van der Waals surface area contributed by atoms with Gasteiger partial charge in [-0.1, -0.05) is 26.0 Å². The second-order valence-electron chi connectivity index (χ2n) is 5.47. The van der Waals surface area contributed by atoms with E-state index in [2.05, 4.69) is 48.4 Å². The Hall–Kier alpha value is -1.35. The van der Waals surface area contributed by atoms with Gasteiger partial charge in [0.25, 0.3) is 0 Å². The molecule has 3 rings (SSSR count). The monoisotopic (exact) mass is 272 g/mol. The number of aromatic nitrogens is 1. The van der Waals surface area contributed by atoms with Gasteiger partial charge in [0.15, 0.2) is 0 Å². The van der Waals surface area contributed by atoms with Crippen molar-refractivity contribution in [2.75, 3.05) is 18.0 Å². The van der Waals surface area contributed by atoms with Crippen molar-refractivity contribution in [2.45, 2.75) is 32.6 Å². The van der Waals surface area contributed by atoms with Crippen LogP contribution in [-0.2, 0) is 0 Å². The maximum Gasteiger partial charge on any atom is 0.0958 e. The summed E-state index contributed by atoms with van der Waals surface area (Å²) < 4.78 is 0. The van der Waals surface area contributed by atoms with E-state index in [0.717, 1.165) is 5.69 Å². The summed E-state index contributed by atoms with van der Waals surface area (Å²) in [5.74, 6) is 0.516. The summed E-state index contributed by atoms with van der Waals surface area (Å²) in [4.78, 5) is 7.17. The molecule has 1 fully saturated rings.